The minimum atomic E-state index is -0.0177. The average molecular weight is 373 g/mol. The van der Waals surface area contributed by atoms with Crippen molar-refractivity contribution < 1.29 is 14.0 Å². The van der Waals surface area contributed by atoms with Crippen LogP contribution in [0.1, 0.15) is 32.6 Å². The molecule has 0 bridgehead atoms. The Labute approximate surface area is 156 Å². The molecule has 1 aromatic carbocycles. The number of rotatable bonds is 4. The summed E-state index contributed by atoms with van der Waals surface area (Å²) in [5.74, 6) is 1.36. The summed E-state index contributed by atoms with van der Waals surface area (Å²) in [4.78, 5) is 28.4. The van der Waals surface area contributed by atoms with Gasteiger partial charge in [0.05, 0.1) is 5.75 Å². The fourth-order valence-electron chi connectivity index (χ4n) is 4.19. The molecule has 4 unspecified atom stereocenters. The minimum absolute atomic E-state index is 0.0177. The zero-order valence-electron chi connectivity index (χ0n) is 14.7. The van der Waals surface area contributed by atoms with E-state index >= 15 is 0 Å². The summed E-state index contributed by atoms with van der Waals surface area (Å²) in [6.07, 6.45) is 3.47. The van der Waals surface area contributed by atoms with Crippen LogP contribution in [0.3, 0.4) is 0 Å². The van der Waals surface area contributed by atoms with Crippen molar-refractivity contribution in [3.05, 3.63) is 24.3 Å². The molecule has 1 aliphatic carbocycles. The normalized spacial score (nSPS) is 28.4. The molecule has 138 valence electrons. The number of thioether (sulfide) groups is 1. The molecular formula is C19H23N3O3S. The van der Waals surface area contributed by atoms with E-state index in [0.29, 0.717) is 23.5 Å². The third kappa shape index (κ3) is 3.72. The standard InChI is InChI=1S/C19H23N3O3S/c1-11-8-17(23)21-15-9-12(6-7-13(11)15)20-18(24)10-26-19-22-14-4-2-3-5-16(14)25-19/h2-5,11-13,15H,6-10H2,1H3,(H,20,24)(H,21,23). The fraction of sp³-hybridized carbons (Fsp3) is 0.526. The van der Waals surface area contributed by atoms with Gasteiger partial charge in [-0.25, -0.2) is 4.98 Å². The second-order valence-electron chi connectivity index (χ2n) is 7.33. The summed E-state index contributed by atoms with van der Waals surface area (Å²) in [5, 5.41) is 6.72. The number of benzene rings is 1. The molecular weight excluding hydrogens is 350 g/mol. The van der Waals surface area contributed by atoms with Crippen LogP contribution in [0.25, 0.3) is 11.1 Å². The molecule has 26 heavy (non-hydrogen) atoms. The highest BCUT2D eigenvalue weighted by atomic mass is 32.2. The van der Waals surface area contributed by atoms with Crippen LogP contribution in [0.4, 0.5) is 0 Å². The Morgan fingerprint density at radius 1 is 1.38 bits per heavy atom. The Bertz CT molecular complexity index is 788. The molecule has 1 saturated carbocycles. The first-order valence-electron chi connectivity index (χ1n) is 9.15. The molecule has 2 aromatic rings. The molecule has 0 radical (unpaired) electrons. The molecule has 2 fully saturated rings. The SMILES string of the molecule is CC1CC(=O)NC2CC(NC(=O)CSc3nc4ccccc4o3)CCC12. The maximum atomic E-state index is 12.3. The Balaban J connectivity index is 1.29. The van der Waals surface area contributed by atoms with E-state index in [1.165, 1.54) is 11.8 Å². The Morgan fingerprint density at radius 2 is 2.23 bits per heavy atom. The van der Waals surface area contributed by atoms with Crippen molar-refractivity contribution >= 4 is 34.7 Å². The number of carbonyl (C=O) groups excluding carboxylic acids is 2. The number of hydrogen-bond acceptors (Lipinski definition) is 5. The smallest absolute Gasteiger partial charge is 0.257 e. The van der Waals surface area contributed by atoms with Gasteiger partial charge in [0.25, 0.3) is 5.22 Å². The lowest BCUT2D eigenvalue weighted by molar-refractivity contribution is -0.127. The summed E-state index contributed by atoms with van der Waals surface area (Å²) < 4.78 is 5.63. The summed E-state index contributed by atoms with van der Waals surface area (Å²) in [7, 11) is 0. The zero-order valence-corrected chi connectivity index (χ0v) is 15.6. The fourth-order valence-corrected chi connectivity index (χ4v) is 4.84. The van der Waals surface area contributed by atoms with Gasteiger partial charge in [-0.1, -0.05) is 30.8 Å². The van der Waals surface area contributed by atoms with Gasteiger partial charge in [-0.05, 0) is 43.2 Å². The minimum Gasteiger partial charge on any atom is -0.431 e. The first-order valence-corrected chi connectivity index (χ1v) is 10.1. The monoisotopic (exact) mass is 373 g/mol. The highest BCUT2D eigenvalue weighted by Crippen LogP contribution is 2.35. The molecule has 1 aliphatic heterocycles. The van der Waals surface area contributed by atoms with Gasteiger partial charge in [-0.15, -0.1) is 0 Å². The topological polar surface area (TPSA) is 84.2 Å². The van der Waals surface area contributed by atoms with Crippen molar-refractivity contribution in [2.75, 3.05) is 5.75 Å². The number of fused-ring (bicyclic) bond motifs is 2. The maximum absolute atomic E-state index is 12.3. The number of piperidine rings is 1. The van der Waals surface area contributed by atoms with Crippen LogP contribution >= 0.6 is 11.8 Å². The quantitative estimate of drug-likeness (QED) is 0.805. The van der Waals surface area contributed by atoms with Crippen molar-refractivity contribution in [1.82, 2.24) is 15.6 Å². The molecule has 2 heterocycles. The second-order valence-corrected chi connectivity index (χ2v) is 8.26. The number of nitrogens with zero attached hydrogens (tertiary/aromatic N) is 1. The Morgan fingerprint density at radius 3 is 3.08 bits per heavy atom. The van der Waals surface area contributed by atoms with Gasteiger partial charge in [0.1, 0.15) is 5.52 Å². The highest BCUT2D eigenvalue weighted by molar-refractivity contribution is 7.99. The number of amides is 2. The van der Waals surface area contributed by atoms with E-state index in [1.807, 2.05) is 24.3 Å². The van der Waals surface area contributed by atoms with Gasteiger partial charge >= 0.3 is 0 Å². The number of hydrogen-bond donors (Lipinski definition) is 2. The van der Waals surface area contributed by atoms with Gasteiger partial charge < -0.3 is 15.1 Å². The van der Waals surface area contributed by atoms with E-state index in [4.69, 9.17) is 4.42 Å². The molecule has 0 spiro atoms. The number of carbonyl (C=O) groups is 2. The van der Waals surface area contributed by atoms with Crippen LogP contribution in [0.2, 0.25) is 0 Å². The lowest BCUT2D eigenvalue weighted by Gasteiger charge is -2.43. The molecule has 6 nitrogen and oxygen atoms in total. The molecule has 2 amide bonds. The largest absolute Gasteiger partial charge is 0.431 e. The lowest BCUT2D eigenvalue weighted by Crippen LogP contribution is -2.55. The molecule has 1 saturated heterocycles. The van der Waals surface area contributed by atoms with Crippen LogP contribution in [-0.2, 0) is 9.59 Å². The highest BCUT2D eigenvalue weighted by Gasteiger charge is 2.38. The lowest BCUT2D eigenvalue weighted by atomic mass is 9.72. The molecule has 4 atom stereocenters. The van der Waals surface area contributed by atoms with E-state index < -0.39 is 0 Å². The van der Waals surface area contributed by atoms with Gasteiger partial charge in [0, 0.05) is 18.5 Å². The summed E-state index contributed by atoms with van der Waals surface area (Å²) >= 11 is 1.31. The van der Waals surface area contributed by atoms with Crippen LogP contribution in [0.15, 0.2) is 33.9 Å². The summed E-state index contributed by atoms with van der Waals surface area (Å²) in [6, 6.07) is 7.88. The summed E-state index contributed by atoms with van der Waals surface area (Å²) in [6.45, 7) is 2.16. The van der Waals surface area contributed by atoms with Gasteiger partial charge in [0.15, 0.2) is 5.58 Å². The van der Waals surface area contributed by atoms with E-state index in [0.717, 1.165) is 30.4 Å². The van der Waals surface area contributed by atoms with E-state index in [1.54, 1.807) is 0 Å². The number of para-hydroxylation sites is 2. The molecule has 7 heteroatoms. The van der Waals surface area contributed by atoms with Crippen molar-refractivity contribution in [2.24, 2.45) is 11.8 Å². The maximum Gasteiger partial charge on any atom is 0.257 e. The van der Waals surface area contributed by atoms with Crippen molar-refractivity contribution in [3.8, 4) is 0 Å². The van der Waals surface area contributed by atoms with Crippen LogP contribution in [0.5, 0.6) is 0 Å². The van der Waals surface area contributed by atoms with Crippen LogP contribution in [-0.4, -0.2) is 34.6 Å². The molecule has 4 rings (SSSR count). The second kappa shape index (κ2) is 7.31. The zero-order chi connectivity index (χ0) is 18.1. The van der Waals surface area contributed by atoms with Gasteiger partial charge in [0.2, 0.25) is 11.8 Å². The number of aromatic nitrogens is 1. The first kappa shape index (κ1) is 17.4. The number of nitrogens with one attached hydrogen (secondary N) is 2. The van der Waals surface area contributed by atoms with Crippen molar-refractivity contribution in [1.29, 1.82) is 0 Å². The predicted molar refractivity (Wildman–Crippen MR) is 99.7 cm³/mol. The summed E-state index contributed by atoms with van der Waals surface area (Å²) in [5.41, 5.74) is 1.53. The van der Waals surface area contributed by atoms with Crippen molar-refractivity contribution in [3.63, 3.8) is 0 Å². The Hall–Kier alpha value is -2.02. The van der Waals surface area contributed by atoms with Gasteiger partial charge in [-0.2, -0.15) is 0 Å². The predicted octanol–water partition coefficient (Wildman–Crippen LogP) is 2.73. The molecule has 2 N–H and O–H groups in total. The first-order chi connectivity index (χ1) is 12.6. The van der Waals surface area contributed by atoms with Gasteiger partial charge in [-0.3, -0.25) is 9.59 Å². The van der Waals surface area contributed by atoms with E-state index in [-0.39, 0.29) is 29.7 Å². The molecule has 1 aromatic heterocycles. The third-order valence-electron chi connectivity index (χ3n) is 5.45. The third-order valence-corrected chi connectivity index (χ3v) is 6.28. The Kier molecular flexibility index (Phi) is 4.89. The van der Waals surface area contributed by atoms with Crippen molar-refractivity contribution in [2.45, 2.75) is 49.9 Å². The van der Waals surface area contributed by atoms with Crippen LogP contribution < -0.4 is 10.6 Å². The average Bonchev–Trinajstić information content (AvgIpc) is 3.02. The number of oxazole rings is 1. The van der Waals surface area contributed by atoms with E-state index in [9.17, 15) is 9.59 Å². The van der Waals surface area contributed by atoms with Crippen LogP contribution in [0, 0.1) is 11.8 Å². The molecule has 2 aliphatic rings. The van der Waals surface area contributed by atoms with E-state index in [2.05, 4.69) is 22.5 Å².